The van der Waals surface area contributed by atoms with Gasteiger partial charge in [-0.2, -0.15) is 0 Å². The van der Waals surface area contributed by atoms with Gasteiger partial charge < -0.3 is 25.4 Å². The van der Waals surface area contributed by atoms with Gasteiger partial charge >= 0.3 is 5.69 Å². The highest BCUT2D eigenvalue weighted by Gasteiger charge is 2.41. The standard InChI is InChI=1S/C39H49ClN8O3/c1-24-17-25(19-32(40)36(24)41)18-26(38(50)47-15-13-45(14-16-47)30-21-28-7-8-29(22-30)44(28)2)20-35(49)46-11-9-27(10-12-46)48-34-23-42-33-6-4-3-5-31(33)37(34)43-39(48)51/h3-6,17,19,23,26-30H,7-16,18,20-22,41H2,1-2H3,(H,43,51)/t26-,28?,29?,30?/m0/s1. The van der Waals surface area contributed by atoms with Crippen molar-refractivity contribution in [2.75, 3.05) is 52.0 Å². The summed E-state index contributed by atoms with van der Waals surface area (Å²) in [4.78, 5) is 58.1. The summed E-state index contributed by atoms with van der Waals surface area (Å²) in [6.07, 6.45) is 8.66. The fourth-order valence-electron chi connectivity index (χ4n) is 9.52. The number of hydrogen-bond acceptors (Lipinski definition) is 7. The molecule has 8 rings (SSSR count). The van der Waals surface area contributed by atoms with Crippen LogP contribution in [0.4, 0.5) is 5.69 Å². The Kier molecular flexibility index (Phi) is 9.31. The van der Waals surface area contributed by atoms with Crippen molar-refractivity contribution in [2.24, 2.45) is 5.92 Å². The molecule has 6 heterocycles. The molecule has 0 spiro atoms. The van der Waals surface area contributed by atoms with Gasteiger partial charge in [-0.25, -0.2) is 4.79 Å². The van der Waals surface area contributed by atoms with E-state index in [2.05, 4.69) is 26.8 Å². The number of halogens is 1. The number of para-hydroxylation sites is 1. The van der Waals surface area contributed by atoms with Crippen LogP contribution in [0.25, 0.3) is 21.9 Å². The van der Waals surface area contributed by atoms with Crippen molar-refractivity contribution in [2.45, 2.75) is 82.5 Å². The van der Waals surface area contributed by atoms with Crippen molar-refractivity contribution in [3.8, 4) is 0 Å². The zero-order valence-corrected chi connectivity index (χ0v) is 30.4. The summed E-state index contributed by atoms with van der Waals surface area (Å²) >= 11 is 6.48. The van der Waals surface area contributed by atoms with Gasteiger partial charge in [-0.3, -0.25) is 24.0 Å². The first-order chi connectivity index (χ1) is 24.6. The Hall–Kier alpha value is -3.93. The minimum absolute atomic E-state index is 0.0237. The zero-order chi connectivity index (χ0) is 35.4. The number of piperidine rings is 2. The molecule has 11 nitrogen and oxygen atoms in total. The second kappa shape index (κ2) is 13.9. The molecule has 4 saturated heterocycles. The van der Waals surface area contributed by atoms with Gasteiger partial charge in [0.2, 0.25) is 11.8 Å². The molecule has 0 saturated carbocycles. The Morgan fingerprint density at radius 2 is 1.65 bits per heavy atom. The number of benzene rings is 2. The van der Waals surface area contributed by atoms with E-state index in [0.717, 1.165) is 46.2 Å². The molecule has 2 unspecified atom stereocenters. The maximum Gasteiger partial charge on any atom is 0.326 e. The molecule has 4 aliphatic heterocycles. The molecule has 51 heavy (non-hydrogen) atoms. The monoisotopic (exact) mass is 712 g/mol. The van der Waals surface area contributed by atoms with Gasteiger partial charge in [-0.15, -0.1) is 0 Å². The molecule has 2 amide bonds. The van der Waals surface area contributed by atoms with Gasteiger partial charge in [0.15, 0.2) is 0 Å². The number of nitrogens with zero attached hydrogens (tertiary/aromatic N) is 6. The van der Waals surface area contributed by atoms with Gasteiger partial charge in [-0.1, -0.05) is 35.9 Å². The third kappa shape index (κ3) is 6.53. The molecule has 2 aromatic carbocycles. The Morgan fingerprint density at radius 3 is 2.35 bits per heavy atom. The highest BCUT2D eigenvalue weighted by molar-refractivity contribution is 6.33. The molecule has 270 valence electrons. The van der Waals surface area contributed by atoms with Gasteiger partial charge in [0.1, 0.15) is 0 Å². The number of nitrogen functional groups attached to an aromatic ring is 1. The smallest absolute Gasteiger partial charge is 0.326 e. The molecule has 12 heteroatoms. The van der Waals surface area contributed by atoms with E-state index in [1.165, 1.54) is 25.7 Å². The average Bonchev–Trinajstić information content (AvgIpc) is 3.56. The molecule has 4 aromatic rings. The minimum atomic E-state index is -0.504. The molecule has 2 bridgehead atoms. The van der Waals surface area contributed by atoms with Crippen LogP contribution in [-0.2, 0) is 16.0 Å². The molecular formula is C39H49ClN8O3. The third-order valence-electron chi connectivity index (χ3n) is 12.5. The number of anilines is 1. The van der Waals surface area contributed by atoms with E-state index in [-0.39, 0.29) is 30.0 Å². The van der Waals surface area contributed by atoms with Gasteiger partial charge in [0, 0.05) is 75.2 Å². The molecule has 4 fully saturated rings. The van der Waals surface area contributed by atoms with Crippen LogP contribution in [0.3, 0.4) is 0 Å². The first-order valence-electron chi connectivity index (χ1n) is 18.7. The van der Waals surface area contributed by atoms with E-state index in [9.17, 15) is 14.4 Å². The van der Waals surface area contributed by atoms with Gasteiger partial charge in [0.05, 0.1) is 39.4 Å². The van der Waals surface area contributed by atoms with Crippen LogP contribution < -0.4 is 11.4 Å². The van der Waals surface area contributed by atoms with E-state index in [1.807, 2.05) is 57.7 Å². The highest BCUT2D eigenvalue weighted by atomic mass is 35.5. The normalized spacial score (nSPS) is 24.1. The lowest BCUT2D eigenvalue weighted by Crippen LogP contribution is -2.56. The number of rotatable bonds is 7. The fourth-order valence-corrected chi connectivity index (χ4v) is 9.81. The number of hydrogen-bond donors (Lipinski definition) is 2. The zero-order valence-electron chi connectivity index (χ0n) is 29.7. The first kappa shape index (κ1) is 34.2. The Bertz CT molecular complexity index is 1970. The number of aromatic amines is 1. The number of carbonyl (C=O) groups excluding carboxylic acids is 2. The van der Waals surface area contributed by atoms with E-state index in [0.29, 0.717) is 74.3 Å². The number of pyridine rings is 1. The summed E-state index contributed by atoms with van der Waals surface area (Å²) in [7, 11) is 2.28. The van der Waals surface area contributed by atoms with Crippen molar-refractivity contribution in [3.63, 3.8) is 0 Å². The number of aromatic nitrogens is 3. The number of likely N-dealkylation sites (tertiary alicyclic amines) is 1. The quantitative estimate of drug-likeness (QED) is 0.269. The second-order valence-electron chi connectivity index (χ2n) is 15.4. The minimum Gasteiger partial charge on any atom is -0.397 e. The summed E-state index contributed by atoms with van der Waals surface area (Å²) in [5, 5.41) is 1.39. The molecule has 2 aromatic heterocycles. The number of nitrogens with one attached hydrogen (secondary N) is 1. The lowest BCUT2D eigenvalue weighted by Gasteiger charge is -2.45. The summed E-state index contributed by atoms with van der Waals surface area (Å²) in [5.41, 5.74) is 10.7. The number of aryl methyl sites for hydroxylation is 1. The lowest BCUT2D eigenvalue weighted by atomic mass is 9.92. The summed E-state index contributed by atoms with van der Waals surface area (Å²) in [6, 6.07) is 13.5. The fraction of sp³-hybridized carbons (Fsp3) is 0.538. The van der Waals surface area contributed by atoms with Gasteiger partial charge in [0.25, 0.3) is 0 Å². The van der Waals surface area contributed by atoms with Crippen LogP contribution in [0.1, 0.15) is 62.1 Å². The molecule has 3 atom stereocenters. The second-order valence-corrected chi connectivity index (χ2v) is 15.8. The molecule has 4 aliphatic rings. The number of imidazole rings is 1. The van der Waals surface area contributed by atoms with E-state index in [1.54, 1.807) is 6.20 Å². The van der Waals surface area contributed by atoms with Crippen LogP contribution in [-0.4, -0.2) is 110 Å². The first-order valence-corrected chi connectivity index (χ1v) is 19.1. The predicted octanol–water partition coefficient (Wildman–Crippen LogP) is 4.60. The van der Waals surface area contributed by atoms with Crippen molar-refractivity contribution in [3.05, 3.63) is 69.2 Å². The van der Waals surface area contributed by atoms with Crippen molar-refractivity contribution in [1.29, 1.82) is 0 Å². The largest absolute Gasteiger partial charge is 0.397 e. The van der Waals surface area contributed by atoms with Crippen LogP contribution in [0.2, 0.25) is 5.02 Å². The SMILES string of the molecule is Cc1cc(C[C@@H](CC(=O)N2CCC(n3c(=O)[nH]c4c5ccccc5ncc43)CC2)C(=O)N2CCN(C3CC4CCC(C3)N4C)CC2)cc(Cl)c1N. The highest BCUT2D eigenvalue weighted by Crippen LogP contribution is 2.37. The predicted molar refractivity (Wildman–Crippen MR) is 201 cm³/mol. The third-order valence-corrected chi connectivity index (χ3v) is 12.8. The van der Waals surface area contributed by atoms with E-state index >= 15 is 0 Å². The van der Waals surface area contributed by atoms with Crippen LogP contribution in [0, 0.1) is 12.8 Å². The van der Waals surface area contributed by atoms with Crippen LogP contribution in [0.5, 0.6) is 0 Å². The number of nitrogens with two attached hydrogens (primary N) is 1. The number of H-pyrrole nitrogens is 1. The van der Waals surface area contributed by atoms with Crippen molar-refractivity contribution >= 4 is 51.0 Å². The number of fused-ring (bicyclic) bond motifs is 5. The Morgan fingerprint density at radius 1 is 0.941 bits per heavy atom. The van der Waals surface area contributed by atoms with E-state index < -0.39 is 5.92 Å². The molecule has 3 N–H and O–H groups in total. The van der Waals surface area contributed by atoms with Crippen LogP contribution in [0.15, 0.2) is 47.4 Å². The lowest BCUT2D eigenvalue weighted by molar-refractivity contribution is -0.143. The average molecular weight is 713 g/mol. The number of carbonyl (C=O) groups is 2. The summed E-state index contributed by atoms with van der Waals surface area (Å²) < 4.78 is 1.81. The topological polar surface area (TPSA) is 124 Å². The maximum absolute atomic E-state index is 14.3. The van der Waals surface area contributed by atoms with Crippen LogP contribution >= 0.6 is 11.6 Å². The van der Waals surface area contributed by atoms with Gasteiger partial charge in [-0.05, 0) is 82.2 Å². The molecular weight excluding hydrogens is 664 g/mol. The number of piperazine rings is 1. The molecule has 0 radical (unpaired) electrons. The Balaban J connectivity index is 0.944. The summed E-state index contributed by atoms with van der Waals surface area (Å²) in [6.45, 7) is 6.08. The van der Waals surface area contributed by atoms with Crippen molar-refractivity contribution < 1.29 is 9.59 Å². The summed E-state index contributed by atoms with van der Waals surface area (Å²) in [5.74, 6) is -0.489. The molecule has 0 aliphatic carbocycles. The number of amides is 2. The Labute approximate surface area is 303 Å². The van der Waals surface area contributed by atoms with Crippen molar-refractivity contribution in [1.82, 2.24) is 34.1 Å². The van der Waals surface area contributed by atoms with E-state index in [4.69, 9.17) is 17.3 Å². The maximum atomic E-state index is 14.3.